The lowest BCUT2D eigenvalue weighted by atomic mass is 10.1. The van der Waals surface area contributed by atoms with Crippen LogP contribution in [0.2, 0.25) is 0 Å². The second kappa shape index (κ2) is 8.34. The Morgan fingerprint density at radius 2 is 1.74 bits per heavy atom. The summed E-state index contributed by atoms with van der Waals surface area (Å²) in [6, 6.07) is 18.0. The SMILES string of the molecule is C[C@H](C(N)=O)N(C)Cc1ccc(OCCc2ccccc2)cc1. The molecule has 4 heteroatoms. The van der Waals surface area contributed by atoms with Gasteiger partial charge in [0, 0.05) is 13.0 Å². The minimum Gasteiger partial charge on any atom is -0.493 e. The van der Waals surface area contributed by atoms with Crippen molar-refractivity contribution in [3.05, 3.63) is 65.7 Å². The van der Waals surface area contributed by atoms with Crippen LogP contribution in [-0.4, -0.2) is 30.5 Å². The first-order valence-corrected chi connectivity index (χ1v) is 7.81. The zero-order chi connectivity index (χ0) is 16.7. The van der Waals surface area contributed by atoms with Gasteiger partial charge in [-0.1, -0.05) is 42.5 Å². The molecule has 0 fully saturated rings. The lowest BCUT2D eigenvalue weighted by molar-refractivity contribution is -0.122. The number of ether oxygens (including phenoxy) is 1. The first-order valence-electron chi connectivity index (χ1n) is 7.81. The highest BCUT2D eigenvalue weighted by Crippen LogP contribution is 2.14. The molecule has 0 saturated heterocycles. The van der Waals surface area contributed by atoms with E-state index in [9.17, 15) is 4.79 Å². The Kier molecular flexibility index (Phi) is 6.18. The third-order valence-corrected chi connectivity index (χ3v) is 3.93. The van der Waals surface area contributed by atoms with Crippen LogP contribution >= 0.6 is 0 Å². The first kappa shape index (κ1) is 17.0. The Balaban J connectivity index is 1.81. The first-order chi connectivity index (χ1) is 11.1. The molecule has 0 aliphatic rings. The molecule has 2 rings (SSSR count). The molecule has 0 spiro atoms. The second-order valence-electron chi connectivity index (χ2n) is 5.72. The van der Waals surface area contributed by atoms with Crippen LogP contribution in [0.15, 0.2) is 54.6 Å². The van der Waals surface area contributed by atoms with E-state index >= 15 is 0 Å². The molecule has 2 aromatic carbocycles. The fourth-order valence-corrected chi connectivity index (χ4v) is 2.26. The number of primary amides is 1. The van der Waals surface area contributed by atoms with Gasteiger partial charge < -0.3 is 10.5 Å². The van der Waals surface area contributed by atoms with Gasteiger partial charge in [-0.3, -0.25) is 9.69 Å². The van der Waals surface area contributed by atoms with Gasteiger partial charge in [0.15, 0.2) is 0 Å². The number of hydrogen-bond acceptors (Lipinski definition) is 3. The number of rotatable bonds is 8. The fraction of sp³-hybridized carbons (Fsp3) is 0.316. The number of nitrogens with zero attached hydrogens (tertiary/aromatic N) is 1. The number of nitrogens with two attached hydrogens (primary N) is 1. The summed E-state index contributed by atoms with van der Waals surface area (Å²) in [7, 11) is 1.89. The van der Waals surface area contributed by atoms with E-state index < -0.39 is 0 Å². The third kappa shape index (κ3) is 5.42. The summed E-state index contributed by atoms with van der Waals surface area (Å²) in [5.74, 6) is 0.545. The van der Waals surface area contributed by atoms with Gasteiger partial charge >= 0.3 is 0 Å². The summed E-state index contributed by atoms with van der Waals surface area (Å²) in [5.41, 5.74) is 7.71. The highest BCUT2D eigenvalue weighted by Gasteiger charge is 2.14. The Morgan fingerprint density at radius 3 is 2.35 bits per heavy atom. The average Bonchev–Trinajstić information content (AvgIpc) is 2.56. The molecule has 23 heavy (non-hydrogen) atoms. The second-order valence-corrected chi connectivity index (χ2v) is 5.72. The summed E-state index contributed by atoms with van der Waals surface area (Å²) in [4.78, 5) is 13.1. The number of hydrogen-bond donors (Lipinski definition) is 1. The predicted octanol–water partition coefficient (Wildman–Crippen LogP) is 2.61. The fourth-order valence-electron chi connectivity index (χ4n) is 2.26. The van der Waals surface area contributed by atoms with E-state index in [-0.39, 0.29) is 11.9 Å². The summed E-state index contributed by atoms with van der Waals surface area (Å²) in [6.45, 7) is 3.14. The lowest BCUT2D eigenvalue weighted by Crippen LogP contribution is -2.39. The van der Waals surface area contributed by atoms with Crippen molar-refractivity contribution in [2.45, 2.75) is 25.9 Å². The van der Waals surface area contributed by atoms with Crippen molar-refractivity contribution in [1.29, 1.82) is 0 Å². The minimum atomic E-state index is -0.312. The van der Waals surface area contributed by atoms with Gasteiger partial charge in [-0.15, -0.1) is 0 Å². The maximum absolute atomic E-state index is 11.2. The molecule has 0 aromatic heterocycles. The molecule has 122 valence electrons. The van der Waals surface area contributed by atoms with Crippen LogP contribution < -0.4 is 10.5 Å². The number of likely N-dealkylation sites (N-methyl/N-ethyl adjacent to an activating group) is 1. The van der Waals surface area contributed by atoms with Gasteiger partial charge in [0.05, 0.1) is 12.6 Å². The highest BCUT2D eigenvalue weighted by molar-refractivity contribution is 5.79. The molecule has 0 saturated carbocycles. The van der Waals surface area contributed by atoms with Crippen LogP contribution in [0.1, 0.15) is 18.1 Å². The van der Waals surface area contributed by atoms with Crippen molar-refractivity contribution in [3.8, 4) is 5.75 Å². The lowest BCUT2D eigenvalue weighted by Gasteiger charge is -2.21. The molecule has 1 amide bonds. The summed E-state index contributed by atoms with van der Waals surface area (Å²) >= 11 is 0. The van der Waals surface area contributed by atoms with E-state index in [0.717, 1.165) is 17.7 Å². The molecule has 1 atom stereocenters. The van der Waals surface area contributed by atoms with Gasteiger partial charge in [0.25, 0.3) is 0 Å². The van der Waals surface area contributed by atoms with Gasteiger partial charge in [0.2, 0.25) is 5.91 Å². The van der Waals surface area contributed by atoms with Gasteiger partial charge in [-0.05, 0) is 37.2 Å². The molecule has 0 heterocycles. The van der Waals surface area contributed by atoms with Gasteiger partial charge in [0.1, 0.15) is 5.75 Å². The quantitative estimate of drug-likeness (QED) is 0.815. The molecule has 4 nitrogen and oxygen atoms in total. The molecule has 2 aromatic rings. The van der Waals surface area contributed by atoms with Crippen molar-refractivity contribution in [2.75, 3.05) is 13.7 Å². The number of benzene rings is 2. The average molecular weight is 312 g/mol. The standard InChI is InChI=1S/C19H24N2O2/c1-15(19(20)22)21(2)14-17-8-10-18(11-9-17)23-13-12-16-6-4-3-5-7-16/h3-11,15H,12-14H2,1-2H3,(H2,20,22)/t15-/m1/s1. The minimum absolute atomic E-state index is 0.281. The maximum Gasteiger partial charge on any atom is 0.234 e. The van der Waals surface area contributed by atoms with Crippen molar-refractivity contribution in [1.82, 2.24) is 4.90 Å². The largest absolute Gasteiger partial charge is 0.493 e. The van der Waals surface area contributed by atoms with Crippen molar-refractivity contribution < 1.29 is 9.53 Å². The van der Waals surface area contributed by atoms with E-state index in [0.29, 0.717) is 13.2 Å². The number of carbonyl (C=O) groups is 1. The van der Waals surface area contributed by atoms with Crippen molar-refractivity contribution in [3.63, 3.8) is 0 Å². The Hall–Kier alpha value is -2.33. The van der Waals surface area contributed by atoms with Gasteiger partial charge in [-0.25, -0.2) is 0 Å². The predicted molar refractivity (Wildman–Crippen MR) is 92.2 cm³/mol. The van der Waals surface area contributed by atoms with E-state index in [2.05, 4.69) is 12.1 Å². The van der Waals surface area contributed by atoms with Crippen LogP contribution in [0, 0.1) is 0 Å². The zero-order valence-electron chi connectivity index (χ0n) is 13.7. The maximum atomic E-state index is 11.2. The summed E-state index contributed by atoms with van der Waals surface area (Å²) in [5, 5.41) is 0. The summed E-state index contributed by atoms with van der Waals surface area (Å²) < 4.78 is 5.77. The highest BCUT2D eigenvalue weighted by atomic mass is 16.5. The third-order valence-electron chi connectivity index (χ3n) is 3.93. The van der Waals surface area contributed by atoms with Crippen LogP contribution in [0.4, 0.5) is 0 Å². The van der Waals surface area contributed by atoms with E-state index in [1.807, 2.05) is 61.3 Å². The van der Waals surface area contributed by atoms with E-state index in [4.69, 9.17) is 10.5 Å². The van der Waals surface area contributed by atoms with Crippen molar-refractivity contribution in [2.24, 2.45) is 5.73 Å². The molecule has 0 bridgehead atoms. The normalized spacial score (nSPS) is 12.1. The Morgan fingerprint density at radius 1 is 1.09 bits per heavy atom. The topological polar surface area (TPSA) is 55.6 Å². The number of amides is 1. The summed E-state index contributed by atoms with van der Waals surface area (Å²) in [6.07, 6.45) is 0.890. The van der Waals surface area contributed by atoms with Crippen LogP contribution in [0.3, 0.4) is 0 Å². The smallest absolute Gasteiger partial charge is 0.234 e. The molecule has 0 aliphatic carbocycles. The monoisotopic (exact) mass is 312 g/mol. The molecule has 2 N–H and O–H groups in total. The van der Waals surface area contributed by atoms with Crippen molar-refractivity contribution >= 4 is 5.91 Å². The molecular formula is C19H24N2O2. The van der Waals surface area contributed by atoms with E-state index in [1.165, 1.54) is 5.56 Å². The zero-order valence-corrected chi connectivity index (χ0v) is 13.7. The van der Waals surface area contributed by atoms with Crippen LogP contribution in [0.5, 0.6) is 5.75 Å². The van der Waals surface area contributed by atoms with E-state index in [1.54, 1.807) is 0 Å². The Labute approximate surface area is 137 Å². The molecule has 0 unspecified atom stereocenters. The molecule has 0 aliphatic heterocycles. The molecular weight excluding hydrogens is 288 g/mol. The molecule has 0 radical (unpaired) electrons. The van der Waals surface area contributed by atoms with Crippen LogP contribution in [0.25, 0.3) is 0 Å². The van der Waals surface area contributed by atoms with Gasteiger partial charge in [-0.2, -0.15) is 0 Å². The Bertz CT molecular complexity index is 611. The number of carbonyl (C=O) groups excluding carboxylic acids is 1. The van der Waals surface area contributed by atoms with Crippen LogP contribution in [-0.2, 0) is 17.8 Å².